The number of carbonyl (C=O) groups is 1. The molecule has 0 saturated heterocycles. The predicted octanol–water partition coefficient (Wildman–Crippen LogP) is 1.00. The van der Waals surface area contributed by atoms with Gasteiger partial charge in [-0.25, -0.2) is 4.98 Å². The van der Waals surface area contributed by atoms with E-state index in [1.165, 1.54) is 6.42 Å². The third kappa shape index (κ3) is 1.71. The highest BCUT2D eigenvalue weighted by Crippen LogP contribution is 2.18. The number of aromatic amines is 1. The summed E-state index contributed by atoms with van der Waals surface area (Å²) in [5.74, 6) is 0.740. The lowest BCUT2D eigenvalue weighted by atomic mass is 9.93. The van der Waals surface area contributed by atoms with Crippen LogP contribution in [0.15, 0.2) is 6.20 Å². The maximum Gasteiger partial charge on any atom is 0.269 e. The number of hydrogen-bond acceptors (Lipinski definition) is 2. The molecule has 0 radical (unpaired) electrons. The van der Waals surface area contributed by atoms with Crippen molar-refractivity contribution < 1.29 is 4.79 Å². The van der Waals surface area contributed by atoms with Gasteiger partial charge >= 0.3 is 0 Å². The van der Waals surface area contributed by atoms with Gasteiger partial charge in [-0.15, -0.1) is 0 Å². The second-order valence-electron chi connectivity index (χ2n) is 3.48. The third-order valence-electron chi connectivity index (χ3n) is 2.39. The minimum atomic E-state index is -0.0368. The van der Waals surface area contributed by atoms with E-state index in [0.717, 1.165) is 18.7 Å². The fourth-order valence-electron chi connectivity index (χ4n) is 1.35. The maximum absolute atomic E-state index is 11.5. The van der Waals surface area contributed by atoms with E-state index in [1.54, 1.807) is 6.20 Å². The molecule has 4 heteroatoms. The lowest BCUT2D eigenvalue weighted by molar-refractivity contribution is 0.0912. The van der Waals surface area contributed by atoms with Crippen LogP contribution < -0.4 is 5.32 Å². The van der Waals surface area contributed by atoms with Gasteiger partial charge in [0.1, 0.15) is 11.5 Å². The number of carbonyl (C=O) groups excluding carboxylic acids is 1. The van der Waals surface area contributed by atoms with E-state index < -0.39 is 0 Å². The molecule has 0 bridgehead atoms. The normalized spacial score (nSPS) is 16.7. The monoisotopic (exact) mass is 179 g/mol. The quantitative estimate of drug-likeness (QED) is 0.711. The van der Waals surface area contributed by atoms with Crippen LogP contribution in [-0.2, 0) is 0 Å². The van der Waals surface area contributed by atoms with Gasteiger partial charge in [0.2, 0.25) is 0 Å². The zero-order chi connectivity index (χ0) is 9.26. The van der Waals surface area contributed by atoms with Crippen LogP contribution in [0.1, 0.15) is 35.6 Å². The fourth-order valence-corrected chi connectivity index (χ4v) is 1.35. The first-order chi connectivity index (χ1) is 6.25. The fraction of sp³-hybridized carbons (Fsp3) is 0.556. The molecule has 1 aliphatic rings. The molecule has 0 unspecified atom stereocenters. The van der Waals surface area contributed by atoms with Crippen molar-refractivity contribution in [2.75, 3.05) is 0 Å². The van der Waals surface area contributed by atoms with E-state index in [0.29, 0.717) is 11.7 Å². The molecule has 4 nitrogen and oxygen atoms in total. The van der Waals surface area contributed by atoms with Crippen molar-refractivity contribution in [3.8, 4) is 0 Å². The molecular weight excluding hydrogens is 166 g/mol. The summed E-state index contributed by atoms with van der Waals surface area (Å²) >= 11 is 0. The molecule has 1 heterocycles. The van der Waals surface area contributed by atoms with Crippen molar-refractivity contribution in [3.05, 3.63) is 17.7 Å². The van der Waals surface area contributed by atoms with E-state index in [-0.39, 0.29) is 5.91 Å². The summed E-state index contributed by atoms with van der Waals surface area (Å²) < 4.78 is 0. The molecular formula is C9H13N3O. The van der Waals surface area contributed by atoms with Gasteiger partial charge in [-0.2, -0.15) is 0 Å². The lowest BCUT2D eigenvalue weighted by Crippen LogP contribution is -2.39. The predicted molar refractivity (Wildman–Crippen MR) is 48.4 cm³/mol. The van der Waals surface area contributed by atoms with Gasteiger partial charge in [-0.05, 0) is 26.2 Å². The SMILES string of the molecule is Cc1ncc(C(=O)NC2CCC2)[nH]1. The molecule has 2 N–H and O–H groups in total. The first-order valence-corrected chi connectivity index (χ1v) is 4.58. The van der Waals surface area contributed by atoms with Crippen molar-refractivity contribution in [1.82, 2.24) is 15.3 Å². The van der Waals surface area contributed by atoms with Crippen molar-refractivity contribution in [1.29, 1.82) is 0 Å². The minimum Gasteiger partial charge on any atom is -0.348 e. The summed E-state index contributed by atoms with van der Waals surface area (Å²) in [6.45, 7) is 1.83. The van der Waals surface area contributed by atoms with E-state index in [9.17, 15) is 4.79 Å². The first-order valence-electron chi connectivity index (χ1n) is 4.58. The highest BCUT2D eigenvalue weighted by atomic mass is 16.2. The average molecular weight is 179 g/mol. The highest BCUT2D eigenvalue weighted by Gasteiger charge is 2.20. The van der Waals surface area contributed by atoms with Gasteiger partial charge in [0.05, 0.1) is 6.20 Å². The second-order valence-corrected chi connectivity index (χ2v) is 3.48. The Balaban J connectivity index is 1.96. The van der Waals surface area contributed by atoms with E-state index >= 15 is 0 Å². The summed E-state index contributed by atoms with van der Waals surface area (Å²) in [6, 6.07) is 0.385. The summed E-state index contributed by atoms with van der Waals surface area (Å²) in [5.41, 5.74) is 0.560. The van der Waals surface area contributed by atoms with Crippen LogP contribution in [0.3, 0.4) is 0 Å². The molecule has 2 rings (SSSR count). The molecule has 0 aromatic carbocycles. The second kappa shape index (κ2) is 3.20. The maximum atomic E-state index is 11.5. The van der Waals surface area contributed by atoms with Crippen LogP contribution >= 0.6 is 0 Å². The number of nitrogens with one attached hydrogen (secondary N) is 2. The number of aromatic nitrogens is 2. The Morgan fingerprint density at radius 2 is 2.46 bits per heavy atom. The van der Waals surface area contributed by atoms with E-state index in [1.807, 2.05) is 6.92 Å². The summed E-state index contributed by atoms with van der Waals surface area (Å²) in [4.78, 5) is 18.4. The number of imidazole rings is 1. The van der Waals surface area contributed by atoms with E-state index in [2.05, 4.69) is 15.3 Å². The van der Waals surface area contributed by atoms with Gasteiger partial charge in [-0.3, -0.25) is 4.79 Å². The molecule has 1 aromatic heterocycles. The van der Waals surface area contributed by atoms with Gasteiger partial charge in [0.15, 0.2) is 0 Å². The molecule has 1 saturated carbocycles. The molecule has 0 atom stereocenters. The average Bonchev–Trinajstić information content (AvgIpc) is 2.44. The van der Waals surface area contributed by atoms with E-state index in [4.69, 9.17) is 0 Å². The van der Waals surface area contributed by atoms with Crippen molar-refractivity contribution in [3.63, 3.8) is 0 Å². The molecule has 1 aliphatic carbocycles. The van der Waals surface area contributed by atoms with Crippen molar-refractivity contribution in [2.24, 2.45) is 0 Å². The van der Waals surface area contributed by atoms with Crippen molar-refractivity contribution >= 4 is 5.91 Å². The number of aryl methyl sites for hydroxylation is 1. The van der Waals surface area contributed by atoms with Gasteiger partial charge < -0.3 is 10.3 Å². The summed E-state index contributed by atoms with van der Waals surface area (Å²) in [7, 11) is 0. The zero-order valence-electron chi connectivity index (χ0n) is 7.63. The topological polar surface area (TPSA) is 57.8 Å². The number of rotatable bonds is 2. The van der Waals surface area contributed by atoms with Gasteiger partial charge in [-0.1, -0.05) is 0 Å². The molecule has 0 aliphatic heterocycles. The summed E-state index contributed by atoms with van der Waals surface area (Å²) in [6.07, 6.45) is 5.02. The Hall–Kier alpha value is -1.32. The van der Waals surface area contributed by atoms with Crippen molar-refractivity contribution in [2.45, 2.75) is 32.2 Å². The van der Waals surface area contributed by atoms with Crippen LogP contribution in [0.2, 0.25) is 0 Å². The number of nitrogens with zero attached hydrogens (tertiary/aromatic N) is 1. The molecule has 1 fully saturated rings. The Morgan fingerprint density at radius 3 is 2.92 bits per heavy atom. The Labute approximate surface area is 76.8 Å². The van der Waals surface area contributed by atoms with Crippen LogP contribution in [0.4, 0.5) is 0 Å². The summed E-state index contributed by atoms with van der Waals surface area (Å²) in [5, 5.41) is 2.94. The Kier molecular flexibility index (Phi) is 2.04. The van der Waals surface area contributed by atoms with Crippen LogP contribution in [0.5, 0.6) is 0 Å². The van der Waals surface area contributed by atoms with Crippen LogP contribution in [0, 0.1) is 6.92 Å². The Morgan fingerprint density at radius 1 is 1.69 bits per heavy atom. The molecule has 0 spiro atoms. The zero-order valence-corrected chi connectivity index (χ0v) is 7.63. The number of H-pyrrole nitrogens is 1. The molecule has 1 amide bonds. The first kappa shape index (κ1) is 8.29. The smallest absolute Gasteiger partial charge is 0.269 e. The van der Waals surface area contributed by atoms with Crippen LogP contribution in [0.25, 0.3) is 0 Å². The lowest BCUT2D eigenvalue weighted by Gasteiger charge is -2.25. The molecule has 13 heavy (non-hydrogen) atoms. The standard InChI is InChI=1S/C9H13N3O/c1-6-10-5-8(11-6)9(13)12-7-3-2-4-7/h5,7H,2-4H2,1H3,(H,10,11)(H,12,13). The van der Waals surface area contributed by atoms with Gasteiger partial charge in [0.25, 0.3) is 5.91 Å². The third-order valence-corrected chi connectivity index (χ3v) is 2.39. The molecule has 70 valence electrons. The molecule has 1 aromatic rings. The minimum absolute atomic E-state index is 0.0368. The Bertz CT molecular complexity index is 314. The largest absolute Gasteiger partial charge is 0.348 e. The van der Waals surface area contributed by atoms with Gasteiger partial charge in [0, 0.05) is 6.04 Å². The number of hydrogen-bond donors (Lipinski definition) is 2. The number of amides is 1. The van der Waals surface area contributed by atoms with Crippen LogP contribution in [-0.4, -0.2) is 21.9 Å². The highest BCUT2D eigenvalue weighted by molar-refractivity contribution is 5.92.